The Morgan fingerprint density at radius 2 is 2.24 bits per heavy atom. The van der Waals surface area contributed by atoms with Crippen molar-refractivity contribution in [2.24, 2.45) is 0 Å². The van der Waals surface area contributed by atoms with E-state index in [9.17, 15) is 0 Å². The Morgan fingerprint density at radius 1 is 1.35 bits per heavy atom. The van der Waals surface area contributed by atoms with Gasteiger partial charge in [-0.15, -0.1) is 0 Å². The summed E-state index contributed by atoms with van der Waals surface area (Å²) >= 11 is 0. The van der Waals surface area contributed by atoms with Gasteiger partial charge in [-0.1, -0.05) is 0 Å². The molecule has 1 fully saturated rings. The summed E-state index contributed by atoms with van der Waals surface area (Å²) in [6, 6.07) is 5.29. The topological polar surface area (TPSA) is 62.9 Å². The van der Waals surface area contributed by atoms with Crippen LogP contribution in [0.2, 0.25) is 0 Å². The summed E-state index contributed by atoms with van der Waals surface area (Å²) in [4.78, 5) is 0. The van der Waals surface area contributed by atoms with Gasteiger partial charge in [0.25, 0.3) is 0 Å². The number of hydrogen-bond acceptors (Lipinski definition) is 5. The molecule has 5 heteroatoms. The summed E-state index contributed by atoms with van der Waals surface area (Å²) < 4.78 is 21.6. The van der Waals surface area contributed by atoms with Crippen LogP contribution in [0, 0.1) is 0 Å². The van der Waals surface area contributed by atoms with Crippen molar-refractivity contribution in [1.29, 1.82) is 0 Å². The van der Waals surface area contributed by atoms with Crippen LogP contribution in [0.25, 0.3) is 0 Å². The normalized spacial score (nSPS) is 19.9. The quantitative estimate of drug-likeness (QED) is 0.796. The molecule has 2 rings (SSSR count). The van der Waals surface area contributed by atoms with E-state index in [1.165, 1.54) is 0 Å². The van der Waals surface area contributed by atoms with Crippen LogP contribution >= 0.6 is 0 Å². The average Bonchev–Trinajstić information content (AvgIpc) is 2.38. The largest absolute Gasteiger partial charge is 0.493 e. The number of hydrogen-bond donors (Lipinski definition) is 1. The van der Waals surface area contributed by atoms with E-state index in [1.807, 2.05) is 0 Å². The highest BCUT2D eigenvalue weighted by atomic mass is 16.6. The minimum atomic E-state index is -0.0222. The lowest BCUT2D eigenvalue weighted by Gasteiger charge is -2.23. The highest BCUT2D eigenvalue weighted by molar-refractivity contribution is 5.51. The van der Waals surface area contributed by atoms with Gasteiger partial charge >= 0.3 is 0 Å². The van der Waals surface area contributed by atoms with Gasteiger partial charge in [-0.2, -0.15) is 0 Å². The first kappa shape index (κ1) is 12.0. The Balaban J connectivity index is 1.93. The predicted octanol–water partition coefficient (Wildman–Crippen LogP) is 1.07. The highest BCUT2D eigenvalue weighted by Crippen LogP contribution is 2.29. The molecule has 0 unspecified atom stereocenters. The molecule has 1 aromatic rings. The van der Waals surface area contributed by atoms with Crippen molar-refractivity contribution in [1.82, 2.24) is 0 Å². The molecular weight excluding hydrogens is 222 g/mol. The van der Waals surface area contributed by atoms with Gasteiger partial charge in [0.15, 0.2) is 11.5 Å². The van der Waals surface area contributed by atoms with E-state index in [2.05, 4.69) is 0 Å². The van der Waals surface area contributed by atoms with Gasteiger partial charge < -0.3 is 24.7 Å². The molecule has 17 heavy (non-hydrogen) atoms. The van der Waals surface area contributed by atoms with Crippen LogP contribution in [0.1, 0.15) is 0 Å². The fourth-order valence-electron chi connectivity index (χ4n) is 1.62. The van der Waals surface area contributed by atoms with E-state index in [0.717, 1.165) is 0 Å². The summed E-state index contributed by atoms with van der Waals surface area (Å²) in [6.45, 7) is 2.28. The molecule has 94 valence electrons. The summed E-state index contributed by atoms with van der Waals surface area (Å²) in [6.07, 6.45) is -0.0222. The molecule has 1 aromatic carbocycles. The number of rotatable bonds is 4. The van der Waals surface area contributed by atoms with Crippen LogP contribution in [0.4, 0.5) is 5.69 Å². The molecule has 0 aliphatic carbocycles. The smallest absolute Gasteiger partial charge is 0.162 e. The van der Waals surface area contributed by atoms with E-state index in [0.29, 0.717) is 43.6 Å². The molecule has 5 nitrogen and oxygen atoms in total. The molecule has 0 amide bonds. The van der Waals surface area contributed by atoms with Crippen LogP contribution in [-0.4, -0.2) is 39.6 Å². The Hall–Kier alpha value is -1.46. The Kier molecular flexibility index (Phi) is 4.06. The molecule has 0 bridgehead atoms. The summed E-state index contributed by atoms with van der Waals surface area (Å²) in [5.41, 5.74) is 6.31. The first-order chi connectivity index (χ1) is 8.29. The number of ether oxygens (including phenoxy) is 4. The fourth-order valence-corrected chi connectivity index (χ4v) is 1.62. The number of nitrogens with two attached hydrogens (primary N) is 1. The van der Waals surface area contributed by atoms with Crippen LogP contribution in [0.5, 0.6) is 11.5 Å². The molecule has 1 aliphatic heterocycles. The van der Waals surface area contributed by atoms with Crippen molar-refractivity contribution in [3.63, 3.8) is 0 Å². The fraction of sp³-hybridized carbons (Fsp3) is 0.500. The second-order valence-electron chi connectivity index (χ2n) is 3.79. The number of anilines is 1. The Labute approximate surface area is 100 Å². The van der Waals surface area contributed by atoms with E-state index in [4.69, 9.17) is 24.7 Å². The van der Waals surface area contributed by atoms with Crippen molar-refractivity contribution in [3.05, 3.63) is 18.2 Å². The third kappa shape index (κ3) is 3.25. The molecule has 0 spiro atoms. The van der Waals surface area contributed by atoms with Gasteiger partial charge in [0.2, 0.25) is 0 Å². The minimum absolute atomic E-state index is 0.0222. The van der Waals surface area contributed by atoms with Gasteiger partial charge in [-0.05, 0) is 12.1 Å². The Morgan fingerprint density at radius 3 is 2.94 bits per heavy atom. The third-order valence-corrected chi connectivity index (χ3v) is 2.50. The highest BCUT2D eigenvalue weighted by Gasteiger charge is 2.16. The zero-order valence-corrected chi connectivity index (χ0v) is 9.85. The van der Waals surface area contributed by atoms with E-state index in [1.54, 1.807) is 25.3 Å². The monoisotopic (exact) mass is 239 g/mol. The molecule has 1 aliphatic rings. The van der Waals surface area contributed by atoms with Crippen LogP contribution in [0.3, 0.4) is 0 Å². The second-order valence-corrected chi connectivity index (χ2v) is 3.79. The van der Waals surface area contributed by atoms with Crippen molar-refractivity contribution >= 4 is 5.69 Å². The average molecular weight is 239 g/mol. The first-order valence-electron chi connectivity index (χ1n) is 5.55. The molecule has 1 atom stereocenters. The number of nitrogen functional groups attached to an aromatic ring is 1. The molecule has 0 aromatic heterocycles. The van der Waals surface area contributed by atoms with Crippen LogP contribution < -0.4 is 15.2 Å². The second kappa shape index (κ2) is 5.75. The standard InChI is InChI=1S/C12H17NO4/c1-14-12-6-9(13)2-3-11(12)17-8-10-7-15-4-5-16-10/h2-3,6,10H,4-5,7-8,13H2,1H3/t10-/m1/s1. The van der Waals surface area contributed by atoms with Crippen LogP contribution in [-0.2, 0) is 9.47 Å². The molecule has 0 radical (unpaired) electrons. The summed E-state index contributed by atoms with van der Waals surface area (Å²) in [5.74, 6) is 1.29. The van der Waals surface area contributed by atoms with Gasteiger partial charge in [-0.3, -0.25) is 0 Å². The number of benzene rings is 1. The predicted molar refractivity (Wildman–Crippen MR) is 63.5 cm³/mol. The van der Waals surface area contributed by atoms with E-state index in [-0.39, 0.29) is 6.10 Å². The van der Waals surface area contributed by atoms with E-state index >= 15 is 0 Å². The lowest BCUT2D eigenvalue weighted by atomic mass is 10.3. The molecule has 2 N–H and O–H groups in total. The van der Waals surface area contributed by atoms with E-state index < -0.39 is 0 Å². The number of methoxy groups -OCH3 is 1. The maximum atomic E-state index is 5.66. The minimum Gasteiger partial charge on any atom is -0.493 e. The maximum absolute atomic E-state index is 5.66. The van der Waals surface area contributed by atoms with Gasteiger partial charge in [0.1, 0.15) is 12.7 Å². The first-order valence-corrected chi connectivity index (χ1v) is 5.55. The van der Waals surface area contributed by atoms with Crippen molar-refractivity contribution in [2.75, 3.05) is 39.3 Å². The van der Waals surface area contributed by atoms with Crippen molar-refractivity contribution < 1.29 is 18.9 Å². The van der Waals surface area contributed by atoms with Gasteiger partial charge in [-0.25, -0.2) is 0 Å². The molecular formula is C12H17NO4. The molecule has 1 heterocycles. The molecule has 1 saturated heterocycles. The maximum Gasteiger partial charge on any atom is 0.162 e. The summed E-state index contributed by atoms with van der Waals surface area (Å²) in [7, 11) is 1.59. The zero-order chi connectivity index (χ0) is 12.1. The van der Waals surface area contributed by atoms with Crippen molar-refractivity contribution in [3.8, 4) is 11.5 Å². The van der Waals surface area contributed by atoms with Gasteiger partial charge in [0.05, 0.1) is 26.9 Å². The lowest BCUT2D eigenvalue weighted by molar-refractivity contribution is -0.101. The third-order valence-electron chi connectivity index (χ3n) is 2.50. The lowest BCUT2D eigenvalue weighted by Crippen LogP contribution is -2.33. The summed E-state index contributed by atoms with van der Waals surface area (Å²) in [5, 5.41) is 0. The van der Waals surface area contributed by atoms with Gasteiger partial charge in [0, 0.05) is 11.8 Å². The molecule has 0 saturated carbocycles. The Bertz CT molecular complexity index is 364. The van der Waals surface area contributed by atoms with Crippen molar-refractivity contribution in [2.45, 2.75) is 6.10 Å². The zero-order valence-electron chi connectivity index (χ0n) is 9.85. The van der Waals surface area contributed by atoms with Crippen LogP contribution in [0.15, 0.2) is 18.2 Å². The SMILES string of the molecule is COc1cc(N)ccc1OC[C@H]1COCCO1.